The molecule has 4 heteroatoms. The Bertz CT molecular complexity index is 609. The van der Waals surface area contributed by atoms with E-state index in [0.717, 1.165) is 10.0 Å². The van der Waals surface area contributed by atoms with Crippen LogP contribution in [0.15, 0.2) is 59.1 Å². The Morgan fingerprint density at radius 1 is 1.10 bits per heavy atom. The van der Waals surface area contributed by atoms with Gasteiger partial charge in [-0.1, -0.05) is 58.4 Å². The van der Waals surface area contributed by atoms with Crippen LogP contribution in [0.4, 0.5) is 0 Å². The molecule has 3 nitrogen and oxygen atoms in total. The SMILES string of the molecule is O=C(c1ccc(Br)cc1)[C@H]1O[C@@H]1[C@H](O)c1ccccc1. The van der Waals surface area contributed by atoms with Gasteiger partial charge in [0.2, 0.25) is 0 Å². The standard InChI is InChI=1S/C16H13BrO3/c17-12-8-6-11(7-9-12)14(19)16-15(20-16)13(18)10-4-2-1-3-5-10/h1-9,13,15-16,18H/t13-,15-,16-/m1/s1. The predicted molar refractivity (Wildman–Crippen MR) is 78.5 cm³/mol. The first-order valence-electron chi connectivity index (χ1n) is 6.35. The summed E-state index contributed by atoms with van der Waals surface area (Å²) in [7, 11) is 0. The van der Waals surface area contributed by atoms with Crippen molar-refractivity contribution in [2.24, 2.45) is 0 Å². The number of ether oxygens (including phenoxy) is 1. The van der Waals surface area contributed by atoms with E-state index in [1.54, 1.807) is 12.1 Å². The van der Waals surface area contributed by atoms with Crippen molar-refractivity contribution in [1.82, 2.24) is 0 Å². The lowest BCUT2D eigenvalue weighted by atomic mass is 10.0. The minimum atomic E-state index is -0.763. The summed E-state index contributed by atoms with van der Waals surface area (Å²) in [5.41, 5.74) is 1.37. The third-order valence-corrected chi connectivity index (χ3v) is 3.89. The summed E-state index contributed by atoms with van der Waals surface area (Å²) in [5.74, 6) is -0.0857. The highest BCUT2D eigenvalue weighted by atomic mass is 79.9. The number of benzene rings is 2. The molecule has 2 aromatic carbocycles. The zero-order valence-electron chi connectivity index (χ0n) is 10.6. The molecule has 0 unspecified atom stereocenters. The molecule has 0 bridgehead atoms. The van der Waals surface area contributed by atoms with Gasteiger partial charge < -0.3 is 9.84 Å². The monoisotopic (exact) mass is 332 g/mol. The lowest BCUT2D eigenvalue weighted by Gasteiger charge is -2.07. The van der Waals surface area contributed by atoms with E-state index in [2.05, 4.69) is 15.9 Å². The van der Waals surface area contributed by atoms with Gasteiger partial charge in [0.05, 0.1) is 0 Å². The number of rotatable bonds is 4. The summed E-state index contributed by atoms with van der Waals surface area (Å²) >= 11 is 3.33. The number of carbonyl (C=O) groups is 1. The smallest absolute Gasteiger partial charge is 0.194 e. The maximum atomic E-state index is 12.2. The van der Waals surface area contributed by atoms with E-state index in [9.17, 15) is 9.90 Å². The topological polar surface area (TPSA) is 49.8 Å². The predicted octanol–water partition coefficient (Wildman–Crippen LogP) is 3.13. The molecule has 1 N–H and O–H groups in total. The van der Waals surface area contributed by atoms with Crippen molar-refractivity contribution < 1.29 is 14.6 Å². The fourth-order valence-electron chi connectivity index (χ4n) is 2.19. The number of carbonyl (C=O) groups excluding carboxylic acids is 1. The van der Waals surface area contributed by atoms with Crippen molar-refractivity contribution >= 4 is 21.7 Å². The quantitative estimate of drug-likeness (QED) is 0.691. The number of epoxide rings is 1. The van der Waals surface area contributed by atoms with E-state index in [0.29, 0.717) is 5.56 Å². The summed E-state index contributed by atoms with van der Waals surface area (Å²) in [6.07, 6.45) is -1.76. The van der Waals surface area contributed by atoms with Crippen LogP contribution in [0.1, 0.15) is 22.0 Å². The first-order chi connectivity index (χ1) is 9.66. The van der Waals surface area contributed by atoms with E-state index in [-0.39, 0.29) is 5.78 Å². The summed E-state index contributed by atoms with van der Waals surface area (Å²) < 4.78 is 6.29. The van der Waals surface area contributed by atoms with E-state index in [1.165, 1.54) is 0 Å². The van der Waals surface area contributed by atoms with E-state index in [4.69, 9.17) is 4.74 Å². The van der Waals surface area contributed by atoms with Crippen LogP contribution in [-0.4, -0.2) is 23.1 Å². The van der Waals surface area contributed by atoms with Crippen LogP contribution in [0.3, 0.4) is 0 Å². The Morgan fingerprint density at radius 2 is 1.75 bits per heavy atom. The second-order valence-electron chi connectivity index (χ2n) is 4.75. The van der Waals surface area contributed by atoms with Crippen molar-refractivity contribution in [2.75, 3.05) is 0 Å². The van der Waals surface area contributed by atoms with Gasteiger partial charge in [-0.3, -0.25) is 4.79 Å². The van der Waals surface area contributed by atoms with Crippen molar-refractivity contribution in [3.05, 3.63) is 70.2 Å². The number of hydrogen-bond acceptors (Lipinski definition) is 3. The van der Waals surface area contributed by atoms with Crippen LogP contribution < -0.4 is 0 Å². The molecule has 20 heavy (non-hydrogen) atoms. The molecule has 0 radical (unpaired) electrons. The van der Waals surface area contributed by atoms with Crippen LogP contribution in [0.25, 0.3) is 0 Å². The molecular formula is C16H13BrO3. The maximum absolute atomic E-state index is 12.2. The van der Waals surface area contributed by atoms with Crippen molar-refractivity contribution in [3.63, 3.8) is 0 Å². The Kier molecular flexibility index (Phi) is 3.70. The van der Waals surface area contributed by atoms with Crippen molar-refractivity contribution in [2.45, 2.75) is 18.3 Å². The van der Waals surface area contributed by atoms with Gasteiger partial charge >= 0.3 is 0 Å². The molecule has 1 aliphatic rings. The summed E-state index contributed by atoms with van der Waals surface area (Å²) in [4.78, 5) is 12.2. The van der Waals surface area contributed by atoms with E-state index >= 15 is 0 Å². The molecule has 0 amide bonds. The van der Waals surface area contributed by atoms with Gasteiger partial charge in [0.15, 0.2) is 5.78 Å². The third-order valence-electron chi connectivity index (χ3n) is 3.36. The highest BCUT2D eigenvalue weighted by Crippen LogP contribution is 2.36. The average molecular weight is 333 g/mol. The minimum absolute atomic E-state index is 0.0857. The zero-order chi connectivity index (χ0) is 14.1. The molecule has 1 fully saturated rings. The molecule has 0 saturated carbocycles. The Labute approximate surface area is 125 Å². The van der Waals surface area contributed by atoms with Gasteiger partial charge in [-0.25, -0.2) is 0 Å². The second-order valence-corrected chi connectivity index (χ2v) is 5.66. The van der Waals surface area contributed by atoms with Gasteiger partial charge in [0.25, 0.3) is 0 Å². The molecule has 3 rings (SSSR count). The van der Waals surface area contributed by atoms with E-state index < -0.39 is 18.3 Å². The molecular weight excluding hydrogens is 320 g/mol. The normalized spacial score (nSPS) is 22.3. The molecule has 1 heterocycles. The molecule has 102 valence electrons. The highest BCUT2D eigenvalue weighted by Gasteiger charge is 2.49. The number of aliphatic hydroxyl groups is 1. The molecule has 1 saturated heterocycles. The first kappa shape index (κ1) is 13.5. The largest absolute Gasteiger partial charge is 0.386 e. The number of Topliss-reactive ketones (excluding diaryl/α,β-unsaturated/α-hetero) is 1. The van der Waals surface area contributed by atoms with Crippen LogP contribution in [-0.2, 0) is 4.74 Å². The Balaban J connectivity index is 1.70. The number of hydrogen-bond donors (Lipinski definition) is 1. The highest BCUT2D eigenvalue weighted by molar-refractivity contribution is 9.10. The van der Waals surface area contributed by atoms with Crippen LogP contribution in [0, 0.1) is 0 Å². The van der Waals surface area contributed by atoms with Crippen molar-refractivity contribution in [3.8, 4) is 0 Å². The summed E-state index contributed by atoms with van der Waals surface area (Å²) in [6.45, 7) is 0. The minimum Gasteiger partial charge on any atom is -0.386 e. The van der Waals surface area contributed by atoms with E-state index in [1.807, 2.05) is 42.5 Å². The lowest BCUT2D eigenvalue weighted by molar-refractivity contribution is 0.0953. The average Bonchev–Trinajstić information content (AvgIpc) is 3.28. The Morgan fingerprint density at radius 3 is 2.40 bits per heavy atom. The number of halogens is 1. The number of ketones is 1. The molecule has 1 aliphatic heterocycles. The van der Waals surface area contributed by atoms with Crippen LogP contribution in [0.2, 0.25) is 0 Å². The van der Waals surface area contributed by atoms with Crippen LogP contribution >= 0.6 is 15.9 Å². The fourth-order valence-corrected chi connectivity index (χ4v) is 2.46. The summed E-state index contributed by atoms with van der Waals surface area (Å²) in [5, 5.41) is 10.2. The van der Waals surface area contributed by atoms with Gasteiger partial charge in [-0.05, 0) is 17.7 Å². The van der Waals surface area contributed by atoms with Crippen LogP contribution in [0.5, 0.6) is 0 Å². The number of aliphatic hydroxyl groups excluding tert-OH is 1. The first-order valence-corrected chi connectivity index (χ1v) is 7.14. The molecule has 0 aromatic heterocycles. The van der Waals surface area contributed by atoms with Gasteiger partial charge in [0, 0.05) is 10.0 Å². The summed E-state index contributed by atoms with van der Waals surface area (Å²) in [6, 6.07) is 16.4. The maximum Gasteiger partial charge on any atom is 0.194 e. The van der Waals surface area contributed by atoms with Gasteiger partial charge in [0.1, 0.15) is 18.3 Å². The fraction of sp³-hybridized carbons (Fsp3) is 0.188. The van der Waals surface area contributed by atoms with Gasteiger partial charge in [-0.15, -0.1) is 0 Å². The second kappa shape index (κ2) is 5.48. The van der Waals surface area contributed by atoms with Crippen molar-refractivity contribution in [1.29, 1.82) is 0 Å². The molecule has 0 aliphatic carbocycles. The lowest BCUT2D eigenvalue weighted by Crippen LogP contribution is -2.15. The Hall–Kier alpha value is -1.49. The zero-order valence-corrected chi connectivity index (χ0v) is 12.2. The molecule has 0 spiro atoms. The third kappa shape index (κ3) is 2.68. The molecule has 3 atom stereocenters. The molecule has 2 aromatic rings. The van der Waals surface area contributed by atoms with Gasteiger partial charge in [-0.2, -0.15) is 0 Å².